The van der Waals surface area contributed by atoms with Gasteiger partial charge in [-0.15, -0.1) is 0 Å². The van der Waals surface area contributed by atoms with E-state index in [0.29, 0.717) is 0 Å². The van der Waals surface area contributed by atoms with Crippen LogP contribution in [0.25, 0.3) is 6.08 Å². The zero-order valence-corrected chi connectivity index (χ0v) is 8.84. The first-order chi connectivity index (χ1) is 7.59. The number of allylic oxidation sites excluding steroid dienone is 1. The number of carboxylic acids is 1. The maximum Gasteiger partial charge on any atom is 0.341 e. The molecule has 0 bridgehead atoms. The van der Waals surface area contributed by atoms with Crippen molar-refractivity contribution in [1.82, 2.24) is 0 Å². The number of benzene rings is 1. The summed E-state index contributed by atoms with van der Waals surface area (Å²) in [6.07, 6.45) is 1.52. The zero-order valence-electron chi connectivity index (χ0n) is 8.84. The van der Waals surface area contributed by atoms with Crippen molar-refractivity contribution >= 4 is 17.8 Å². The second kappa shape index (κ2) is 5.70. The van der Waals surface area contributed by atoms with E-state index in [4.69, 9.17) is 9.84 Å². The first-order valence-electron chi connectivity index (χ1n) is 4.72. The van der Waals surface area contributed by atoms with Gasteiger partial charge in [0.1, 0.15) is 0 Å². The number of ketones is 1. The molecule has 1 N–H and O–H groups in total. The predicted molar refractivity (Wildman–Crippen MR) is 58.7 cm³/mol. The van der Waals surface area contributed by atoms with E-state index in [9.17, 15) is 9.59 Å². The minimum atomic E-state index is -1.11. The van der Waals surface area contributed by atoms with Crippen molar-refractivity contribution in [2.75, 3.05) is 6.61 Å². The largest absolute Gasteiger partial charge is 0.479 e. The lowest BCUT2D eigenvalue weighted by atomic mass is 10.2. The van der Waals surface area contributed by atoms with Gasteiger partial charge in [0.15, 0.2) is 18.1 Å². The Hall–Kier alpha value is -2.10. The predicted octanol–water partition coefficient (Wildman–Crippen LogP) is 1.72. The molecule has 0 aliphatic rings. The number of hydrogen-bond acceptors (Lipinski definition) is 3. The van der Waals surface area contributed by atoms with Gasteiger partial charge in [-0.1, -0.05) is 30.3 Å². The molecule has 1 aromatic rings. The van der Waals surface area contributed by atoms with Crippen LogP contribution in [0.3, 0.4) is 0 Å². The van der Waals surface area contributed by atoms with Crippen molar-refractivity contribution in [3.8, 4) is 0 Å². The molecule has 0 saturated carbocycles. The van der Waals surface area contributed by atoms with Gasteiger partial charge >= 0.3 is 5.97 Å². The molecule has 0 atom stereocenters. The first kappa shape index (κ1) is 12.0. The molecule has 1 aromatic carbocycles. The smallest absolute Gasteiger partial charge is 0.341 e. The van der Waals surface area contributed by atoms with Crippen molar-refractivity contribution in [3.05, 3.63) is 41.7 Å². The Morgan fingerprint density at radius 1 is 1.31 bits per heavy atom. The summed E-state index contributed by atoms with van der Waals surface area (Å²) in [5, 5.41) is 8.45. The van der Waals surface area contributed by atoms with Crippen LogP contribution in [0, 0.1) is 0 Å². The van der Waals surface area contributed by atoms with E-state index in [1.165, 1.54) is 13.0 Å². The minimum absolute atomic E-state index is 0.0496. The van der Waals surface area contributed by atoms with Gasteiger partial charge in [0.25, 0.3) is 0 Å². The summed E-state index contributed by atoms with van der Waals surface area (Å²) >= 11 is 0. The van der Waals surface area contributed by atoms with Gasteiger partial charge in [0.05, 0.1) is 0 Å². The minimum Gasteiger partial charge on any atom is -0.479 e. The van der Waals surface area contributed by atoms with Crippen LogP contribution in [-0.4, -0.2) is 23.5 Å². The van der Waals surface area contributed by atoms with Crippen LogP contribution in [0.1, 0.15) is 12.5 Å². The number of aliphatic carboxylic acids is 1. The van der Waals surface area contributed by atoms with Gasteiger partial charge in [-0.2, -0.15) is 0 Å². The molecule has 16 heavy (non-hydrogen) atoms. The fourth-order valence-electron chi connectivity index (χ4n) is 1.09. The Bertz CT molecular complexity index is 406. The zero-order chi connectivity index (χ0) is 12.0. The molecule has 4 nitrogen and oxygen atoms in total. The quantitative estimate of drug-likeness (QED) is 0.606. The highest BCUT2D eigenvalue weighted by atomic mass is 16.5. The second-order valence-electron chi connectivity index (χ2n) is 3.16. The van der Waals surface area contributed by atoms with E-state index in [0.717, 1.165) is 5.56 Å². The summed E-state index contributed by atoms with van der Waals surface area (Å²) in [5.41, 5.74) is 0.790. The Kier molecular flexibility index (Phi) is 4.27. The van der Waals surface area contributed by atoms with Crippen LogP contribution in [-0.2, 0) is 14.3 Å². The number of ether oxygens (including phenoxy) is 1. The SMILES string of the molecule is CC(=O)/C(=C\c1ccccc1)OCC(=O)O. The Morgan fingerprint density at radius 2 is 1.94 bits per heavy atom. The van der Waals surface area contributed by atoms with Crippen LogP contribution < -0.4 is 0 Å². The summed E-state index contributed by atoms with van der Waals surface area (Å²) < 4.78 is 4.88. The molecule has 0 fully saturated rings. The molecular formula is C12H12O4. The number of carbonyl (C=O) groups is 2. The monoisotopic (exact) mass is 220 g/mol. The molecule has 0 unspecified atom stereocenters. The van der Waals surface area contributed by atoms with Crippen LogP contribution in [0.15, 0.2) is 36.1 Å². The van der Waals surface area contributed by atoms with E-state index in [1.807, 2.05) is 18.2 Å². The van der Waals surface area contributed by atoms with Crippen molar-refractivity contribution in [2.24, 2.45) is 0 Å². The second-order valence-corrected chi connectivity index (χ2v) is 3.16. The standard InChI is InChI=1S/C12H12O4/c1-9(13)11(16-8-12(14)15)7-10-5-3-2-4-6-10/h2-7H,8H2,1H3,(H,14,15)/b11-7+. The molecule has 4 heteroatoms. The highest BCUT2D eigenvalue weighted by Crippen LogP contribution is 2.08. The fraction of sp³-hybridized carbons (Fsp3) is 0.167. The number of carbonyl (C=O) groups excluding carboxylic acids is 1. The lowest BCUT2D eigenvalue weighted by molar-refractivity contribution is -0.141. The number of carboxylic acid groups (broad SMARTS) is 1. The highest BCUT2D eigenvalue weighted by Gasteiger charge is 2.07. The molecule has 0 saturated heterocycles. The third kappa shape index (κ3) is 3.96. The van der Waals surface area contributed by atoms with Gasteiger partial charge in [0.2, 0.25) is 0 Å². The molecule has 0 aliphatic heterocycles. The molecular weight excluding hydrogens is 208 g/mol. The van der Waals surface area contributed by atoms with Crippen LogP contribution in [0.5, 0.6) is 0 Å². The van der Waals surface area contributed by atoms with E-state index >= 15 is 0 Å². The lowest BCUT2D eigenvalue weighted by Gasteiger charge is -2.04. The summed E-state index contributed by atoms with van der Waals surface area (Å²) in [6.45, 7) is 0.814. The lowest BCUT2D eigenvalue weighted by Crippen LogP contribution is -2.10. The van der Waals surface area contributed by atoms with Gasteiger partial charge in [-0.3, -0.25) is 4.79 Å². The highest BCUT2D eigenvalue weighted by molar-refractivity contribution is 5.95. The molecule has 0 radical (unpaired) electrons. The average molecular weight is 220 g/mol. The molecule has 0 amide bonds. The van der Waals surface area contributed by atoms with E-state index in [2.05, 4.69) is 0 Å². The molecule has 84 valence electrons. The average Bonchev–Trinajstić information content (AvgIpc) is 2.25. The summed E-state index contributed by atoms with van der Waals surface area (Å²) in [4.78, 5) is 21.5. The van der Waals surface area contributed by atoms with Gasteiger partial charge in [-0.05, 0) is 11.6 Å². The third-order valence-electron chi connectivity index (χ3n) is 1.80. The van der Waals surface area contributed by atoms with Crippen molar-refractivity contribution in [2.45, 2.75) is 6.92 Å². The van der Waals surface area contributed by atoms with Gasteiger partial charge in [-0.25, -0.2) is 4.79 Å². The Labute approximate surface area is 93.2 Å². The number of Topliss-reactive ketones (excluding diaryl/α,β-unsaturated/α-hetero) is 1. The van der Waals surface area contributed by atoms with Crippen LogP contribution in [0.2, 0.25) is 0 Å². The van der Waals surface area contributed by atoms with E-state index < -0.39 is 12.6 Å². The van der Waals surface area contributed by atoms with Crippen molar-refractivity contribution in [1.29, 1.82) is 0 Å². The number of hydrogen-bond donors (Lipinski definition) is 1. The summed E-state index contributed by atoms with van der Waals surface area (Å²) in [7, 11) is 0. The van der Waals surface area contributed by atoms with Crippen molar-refractivity contribution in [3.63, 3.8) is 0 Å². The molecule has 0 heterocycles. The maximum atomic E-state index is 11.2. The van der Waals surface area contributed by atoms with E-state index in [1.54, 1.807) is 12.1 Å². The molecule has 0 aromatic heterocycles. The molecule has 1 rings (SSSR count). The normalized spacial score (nSPS) is 10.9. The maximum absolute atomic E-state index is 11.2. The van der Waals surface area contributed by atoms with E-state index in [-0.39, 0.29) is 11.5 Å². The van der Waals surface area contributed by atoms with Gasteiger partial charge < -0.3 is 9.84 Å². The fourth-order valence-corrected chi connectivity index (χ4v) is 1.09. The van der Waals surface area contributed by atoms with Crippen molar-refractivity contribution < 1.29 is 19.4 Å². The summed E-state index contributed by atoms with van der Waals surface area (Å²) in [6, 6.07) is 9.09. The van der Waals surface area contributed by atoms with Crippen LogP contribution >= 0.6 is 0 Å². The third-order valence-corrected chi connectivity index (χ3v) is 1.80. The topological polar surface area (TPSA) is 63.6 Å². The Morgan fingerprint density at radius 3 is 2.44 bits per heavy atom. The number of rotatable bonds is 5. The molecule has 0 aliphatic carbocycles. The molecule has 0 spiro atoms. The first-order valence-corrected chi connectivity index (χ1v) is 4.72. The summed E-state index contributed by atoms with van der Waals surface area (Å²) in [5.74, 6) is -1.36. The Balaban J connectivity index is 2.81. The van der Waals surface area contributed by atoms with Crippen LogP contribution in [0.4, 0.5) is 0 Å². The van der Waals surface area contributed by atoms with Gasteiger partial charge in [0, 0.05) is 6.92 Å².